The summed E-state index contributed by atoms with van der Waals surface area (Å²) in [6.07, 6.45) is 2.05. The third-order valence-corrected chi connectivity index (χ3v) is 4.45. The van der Waals surface area contributed by atoms with Crippen LogP contribution in [-0.4, -0.2) is 23.8 Å². The molecule has 0 amide bonds. The highest BCUT2D eigenvalue weighted by molar-refractivity contribution is 5.69. The highest BCUT2D eigenvalue weighted by Gasteiger charge is 2.14. The van der Waals surface area contributed by atoms with E-state index >= 15 is 0 Å². The van der Waals surface area contributed by atoms with Gasteiger partial charge in [-0.25, -0.2) is 4.98 Å². The summed E-state index contributed by atoms with van der Waals surface area (Å²) in [6, 6.07) is 26.3. The van der Waals surface area contributed by atoms with Crippen LogP contribution in [0.3, 0.4) is 0 Å². The van der Waals surface area contributed by atoms with Crippen LogP contribution in [0.25, 0.3) is 28.3 Å². The number of ether oxygens (including phenoxy) is 2. The largest absolute Gasteiger partial charge is 0.493 e. The molecule has 0 saturated heterocycles. The molecule has 27 heavy (non-hydrogen) atoms. The Morgan fingerprint density at radius 1 is 0.704 bits per heavy atom. The van der Waals surface area contributed by atoms with Crippen LogP contribution < -0.4 is 9.47 Å². The molecule has 0 aliphatic rings. The lowest BCUT2D eigenvalue weighted by Gasteiger charge is -2.08. The van der Waals surface area contributed by atoms with E-state index in [1.165, 1.54) is 0 Å². The molecule has 3 aromatic carbocycles. The molecule has 4 aromatic rings. The van der Waals surface area contributed by atoms with Crippen LogP contribution in [0.2, 0.25) is 0 Å². The predicted octanol–water partition coefficient (Wildman–Crippen LogP) is 5.22. The number of nitrogens with zero attached hydrogens (tertiary/aromatic N) is 2. The number of para-hydroxylation sites is 1. The maximum Gasteiger partial charge on any atom is 0.161 e. The fourth-order valence-electron chi connectivity index (χ4n) is 3.09. The van der Waals surface area contributed by atoms with E-state index in [4.69, 9.17) is 14.5 Å². The zero-order chi connectivity index (χ0) is 18.6. The second-order valence-electron chi connectivity index (χ2n) is 6.09. The Morgan fingerprint density at radius 3 is 2.04 bits per heavy atom. The van der Waals surface area contributed by atoms with Gasteiger partial charge in [0.1, 0.15) is 5.82 Å². The molecule has 0 aliphatic heterocycles. The van der Waals surface area contributed by atoms with Crippen LogP contribution in [0.15, 0.2) is 85.1 Å². The molecular weight excluding hydrogens is 336 g/mol. The highest BCUT2D eigenvalue weighted by Crippen LogP contribution is 2.34. The first kappa shape index (κ1) is 16.9. The lowest BCUT2D eigenvalue weighted by Crippen LogP contribution is -1.95. The minimum absolute atomic E-state index is 0.686. The molecule has 0 saturated carbocycles. The molecule has 0 aliphatic carbocycles. The lowest BCUT2D eigenvalue weighted by molar-refractivity contribution is 0.355. The van der Waals surface area contributed by atoms with Gasteiger partial charge >= 0.3 is 0 Å². The smallest absolute Gasteiger partial charge is 0.161 e. The molecular formula is C23H20N2O2. The van der Waals surface area contributed by atoms with Gasteiger partial charge in [-0.1, -0.05) is 48.5 Å². The molecule has 0 spiro atoms. The predicted molar refractivity (Wildman–Crippen MR) is 108 cm³/mol. The lowest BCUT2D eigenvalue weighted by atomic mass is 10.1. The van der Waals surface area contributed by atoms with Crippen LogP contribution in [-0.2, 0) is 0 Å². The average Bonchev–Trinajstić information content (AvgIpc) is 3.20. The molecule has 134 valence electrons. The first-order valence-corrected chi connectivity index (χ1v) is 8.73. The topological polar surface area (TPSA) is 36.3 Å². The van der Waals surface area contributed by atoms with Crippen LogP contribution in [0, 0.1) is 0 Å². The van der Waals surface area contributed by atoms with Crippen molar-refractivity contribution in [1.82, 2.24) is 9.55 Å². The molecule has 0 atom stereocenters. The summed E-state index contributed by atoms with van der Waals surface area (Å²) in [6.45, 7) is 0. The van der Waals surface area contributed by atoms with Crippen molar-refractivity contribution in [1.29, 1.82) is 0 Å². The van der Waals surface area contributed by atoms with Gasteiger partial charge in [-0.3, -0.25) is 4.57 Å². The molecule has 0 radical (unpaired) electrons. The Balaban J connectivity index is 1.87. The van der Waals surface area contributed by atoms with Crippen molar-refractivity contribution in [2.75, 3.05) is 14.2 Å². The maximum absolute atomic E-state index is 5.45. The van der Waals surface area contributed by atoms with Gasteiger partial charge in [0.2, 0.25) is 0 Å². The van der Waals surface area contributed by atoms with E-state index in [1.807, 2.05) is 54.6 Å². The van der Waals surface area contributed by atoms with Gasteiger partial charge in [-0.2, -0.15) is 0 Å². The molecule has 1 aromatic heterocycles. The molecule has 4 nitrogen and oxygen atoms in total. The first-order chi connectivity index (χ1) is 13.3. The third-order valence-electron chi connectivity index (χ3n) is 4.45. The third kappa shape index (κ3) is 3.29. The molecule has 4 heteroatoms. The van der Waals surface area contributed by atoms with E-state index in [0.717, 1.165) is 28.3 Å². The van der Waals surface area contributed by atoms with E-state index in [2.05, 4.69) is 35.0 Å². The van der Waals surface area contributed by atoms with Crippen molar-refractivity contribution in [3.05, 3.63) is 85.1 Å². The van der Waals surface area contributed by atoms with Crippen molar-refractivity contribution >= 4 is 0 Å². The maximum atomic E-state index is 5.45. The Bertz CT molecular complexity index is 984. The summed E-state index contributed by atoms with van der Waals surface area (Å²) in [4.78, 5) is 4.92. The van der Waals surface area contributed by atoms with E-state index in [0.29, 0.717) is 11.5 Å². The Hall–Kier alpha value is -3.53. The van der Waals surface area contributed by atoms with Gasteiger partial charge < -0.3 is 9.47 Å². The Labute approximate surface area is 158 Å². The summed E-state index contributed by atoms with van der Waals surface area (Å²) in [7, 11) is 3.27. The zero-order valence-corrected chi connectivity index (χ0v) is 15.3. The minimum atomic E-state index is 0.686. The standard InChI is InChI=1S/C23H20N2O2/c1-26-21-14-13-18(15-22(21)27-2)20-16-25(19-11-7-4-8-12-19)23(24-20)17-9-5-3-6-10-17/h3-16H,1-2H3. The number of aromatic nitrogens is 2. The van der Waals surface area contributed by atoms with Gasteiger partial charge in [0.25, 0.3) is 0 Å². The quantitative estimate of drug-likeness (QED) is 0.492. The molecule has 4 rings (SSSR count). The summed E-state index contributed by atoms with van der Waals surface area (Å²) in [5.74, 6) is 2.28. The van der Waals surface area contributed by atoms with Gasteiger partial charge in [0, 0.05) is 23.0 Å². The number of methoxy groups -OCH3 is 2. The number of hydrogen-bond acceptors (Lipinski definition) is 3. The van der Waals surface area contributed by atoms with Crippen molar-refractivity contribution in [2.24, 2.45) is 0 Å². The van der Waals surface area contributed by atoms with Crippen molar-refractivity contribution in [3.63, 3.8) is 0 Å². The summed E-state index contributed by atoms with van der Waals surface area (Å²) in [5.41, 5.74) is 3.97. The average molecular weight is 356 g/mol. The van der Waals surface area contributed by atoms with Gasteiger partial charge in [-0.15, -0.1) is 0 Å². The van der Waals surface area contributed by atoms with Crippen LogP contribution in [0.4, 0.5) is 0 Å². The number of rotatable bonds is 5. The number of benzene rings is 3. The first-order valence-electron chi connectivity index (χ1n) is 8.73. The van der Waals surface area contributed by atoms with Crippen LogP contribution in [0.5, 0.6) is 11.5 Å². The number of hydrogen-bond donors (Lipinski definition) is 0. The van der Waals surface area contributed by atoms with Gasteiger partial charge in [0.15, 0.2) is 11.5 Å². The summed E-state index contributed by atoms with van der Waals surface area (Å²) >= 11 is 0. The normalized spacial score (nSPS) is 10.6. The second kappa shape index (κ2) is 7.38. The molecule has 0 N–H and O–H groups in total. The van der Waals surface area contributed by atoms with Crippen molar-refractivity contribution < 1.29 is 9.47 Å². The van der Waals surface area contributed by atoms with E-state index in [1.54, 1.807) is 14.2 Å². The van der Waals surface area contributed by atoms with E-state index < -0.39 is 0 Å². The molecule has 0 fully saturated rings. The van der Waals surface area contributed by atoms with Crippen molar-refractivity contribution in [3.8, 4) is 39.8 Å². The highest BCUT2D eigenvalue weighted by atomic mass is 16.5. The SMILES string of the molecule is COc1ccc(-c2cn(-c3ccccc3)c(-c3ccccc3)n2)cc1OC. The Morgan fingerprint density at radius 2 is 1.37 bits per heavy atom. The second-order valence-corrected chi connectivity index (χ2v) is 6.09. The summed E-state index contributed by atoms with van der Waals surface area (Å²) < 4.78 is 12.9. The van der Waals surface area contributed by atoms with E-state index in [9.17, 15) is 0 Å². The van der Waals surface area contributed by atoms with Gasteiger partial charge in [0.05, 0.1) is 19.9 Å². The fourth-order valence-corrected chi connectivity index (χ4v) is 3.09. The molecule has 0 bridgehead atoms. The Kier molecular flexibility index (Phi) is 4.62. The van der Waals surface area contributed by atoms with Crippen LogP contribution >= 0.6 is 0 Å². The van der Waals surface area contributed by atoms with Gasteiger partial charge in [-0.05, 0) is 30.3 Å². The fraction of sp³-hybridized carbons (Fsp3) is 0.0870. The molecule has 0 unspecified atom stereocenters. The van der Waals surface area contributed by atoms with E-state index in [-0.39, 0.29) is 0 Å². The minimum Gasteiger partial charge on any atom is -0.493 e. The zero-order valence-electron chi connectivity index (χ0n) is 15.3. The van der Waals surface area contributed by atoms with Crippen molar-refractivity contribution in [2.45, 2.75) is 0 Å². The number of imidazole rings is 1. The molecule has 1 heterocycles. The monoisotopic (exact) mass is 356 g/mol. The van der Waals surface area contributed by atoms with Crippen LogP contribution in [0.1, 0.15) is 0 Å². The summed E-state index contributed by atoms with van der Waals surface area (Å²) in [5, 5.41) is 0.